The van der Waals surface area contributed by atoms with Crippen LogP contribution in [0.1, 0.15) is 59.8 Å². The Kier molecular flexibility index (Phi) is 3.02. The molecule has 2 spiro atoms. The van der Waals surface area contributed by atoms with Crippen LogP contribution >= 0.6 is 0 Å². The molecule has 3 aliphatic heterocycles. The zero-order valence-electron chi connectivity index (χ0n) is 17.0. The number of rotatable bonds is 2. The molecule has 6 aliphatic rings. The summed E-state index contributed by atoms with van der Waals surface area (Å²) in [6, 6.07) is 0. The third-order valence-corrected chi connectivity index (χ3v) is 8.86. The van der Waals surface area contributed by atoms with Crippen LogP contribution in [0.15, 0.2) is 11.1 Å². The van der Waals surface area contributed by atoms with E-state index >= 15 is 0 Å². The summed E-state index contributed by atoms with van der Waals surface area (Å²) in [6.45, 7) is 8.51. The smallest absolute Gasteiger partial charge is 0.340 e. The van der Waals surface area contributed by atoms with Gasteiger partial charge in [0.05, 0.1) is 5.57 Å². The lowest BCUT2D eigenvalue weighted by atomic mass is 9.44. The summed E-state index contributed by atoms with van der Waals surface area (Å²) in [7, 11) is 0. The first-order valence-electron chi connectivity index (χ1n) is 10.6. The highest BCUT2D eigenvalue weighted by molar-refractivity contribution is 5.95. The van der Waals surface area contributed by atoms with E-state index in [9.17, 15) is 9.59 Å². The first-order chi connectivity index (χ1) is 13.2. The van der Waals surface area contributed by atoms with E-state index in [1.807, 2.05) is 0 Å². The number of carbonyl (C=O) groups excluding carboxylic acids is 2. The maximum absolute atomic E-state index is 12.6. The van der Waals surface area contributed by atoms with Crippen molar-refractivity contribution < 1.29 is 28.5 Å². The van der Waals surface area contributed by atoms with E-state index in [4.69, 9.17) is 18.9 Å². The molecule has 2 saturated heterocycles. The van der Waals surface area contributed by atoms with Gasteiger partial charge in [-0.2, -0.15) is 0 Å². The molecule has 3 aliphatic carbocycles. The van der Waals surface area contributed by atoms with Crippen LogP contribution in [0.4, 0.5) is 0 Å². The van der Waals surface area contributed by atoms with E-state index < -0.39 is 17.7 Å². The van der Waals surface area contributed by atoms with Crippen LogP contribution in [0, 0.1) is 22.7 Å². The summed E-state index contributed by atoms with van der Waals surface area (Å²) >= 11 is 0. The second-order valence-electron chi connectivity index (χ2n) is 10.6. The zero-order chi connectivity index (χ0) is 19.7. The quantitative estimate of drug-likeness (QED) is 0.535. The Balaban J connectivity index is 1.42. The molecule has 6 rings (SSSR count). The first kappa shape index (κ1) is 17.5. The highest BCUT2D eigenvalue weighted by atomic mass is 16.8. The fourth-order valence-electron chi connectivity index (χ4n) is 7.83. The fraction of sp³-hybridized carbons (Fsp3) is 0.818. The van der Waals surface area contributed by atoms with Crippen molar-refractivity contribution in [2.75, 3.05) is 6.61 Å². The van der Waals surface area contributed by atoms with Gasteiger partial charge in [0.25, 0.3) is 5.79 Å². The van der Waals surface area contributed by atoms with Gasteiger partial charge in [0.15, 0.2) is 0 Å². The maximum atomic E-state index is 12.6. The van der Waals surface area contributed by atoms with E-state index in [1.54, 1.807) is 0 Å². The molecular formula is C22H28O6. The highest BCUT2D eigenvalue weighted by Crippen LogP contribution is 2.77. The van der Waals surface area contributed by atoms with Crippen molar-refractivity contribution in [1.82, 2.24) is 0 Å². The minimum Gasteiger partial charge on any atom is -0.461 e. The lowest BCUT2D eigenvalue weighted by Gasteiger charge is -2.59. The minimum atomic E-state index is -0.964. The number of fused-ring (bicyclic) bond motifs is 4. The van der Waals surface area contributed by atoms with E-state index in [2.05, 4.69) is 20.8 Å². The van der Waals surface area contributed by atoms with Gasteiger partial charge in [-0.25, -0.2) is 4.79 Å². The van der Waals surface area contributed by atoms with Crippen molar-refractivity contribution in [1.29, 1.82) is 0 Å². The molecule has 5 fully saturated rings. The summed E-state index contributed by atoms with van der Waals surface area (Å²) in [5.74, 6) is -0.929. The molecule has 0 amide bonds. The van der Waals surface area contributed by atoms with Gasteiger partial charge < -0.3 is 18.9 Å². The van der Waals surface area contributed by atoms with Crippen LogP contribution in [0.3, 0.4) is 0 Å². The Morgan fingerprint density at radius 2 is 1.96 bits per heavy atom. The summed E-state index contributed by atoms with van der Waals surface area (Å²) in [5.41, 5.74) is 1.42. The molecule has 6 heteroatoms. The number of carbonyl (C=O) groups is 2. The summed E-state index contributed by atoms with van der Waals surface area (Å²) in [6.07, 6.45) is 5.53. The molecule has 0 bridgehead atoms. The fourth-order valence-corrected chi connectivity index (χ4v) is 7.83. The summed E-state index contributed by atoms with van der Waals surface area (Å²) in [4.78, 5) is 23.9. The monoisotopic (exact) mass is 388 g/mol. The minimum absolute atomic E-state index is 0.0607. The van der Waals surface area contributed by atoms with Crippen LogP contribution < -0.4 is 0 Å². The van der Waals surface area contributed by atoms with Crippen molar-refractivity contribution >= 4 is 11.9 Å². The average molecular weight is 388 g/mol. The maximum Gasteiger partial charge on any atom is 0.340 e. The summed E-state index contributed by atoms with van der Waals surface area (Å²) < 4.78 is 23.6. The Morgan fingerprint density at radius 1 is 1.18 bits per heavy atom. The number of hydrogen-bond donors (Lipinski definition) is 0. The third kappa shape index (κ3) is 1.83. The molecule has 6 nitrogen and oxygen atoms in total. The van der Waals surface area contributed by atoms with Crippen LogP contribution in [-0.2, 0) is 28.5 Å². The highest BCUT2D eigenvalue weighted by Gasteiger charge is 2.88. The van der Waals surface area contributed by atoms with Gasteiger partial charge >= 0.3 is 11.9 Å². The van der Waals surface area contributed by atoms with Crippen molar-refractivity contribution in [3.05, 3.63) is 11.1 Å². The first-order valence-corrected chi connectivity index (χ1v) is 10.6. The van der Waals surface area contributed by atoms with Crippen LogP contribution in [0.5, 0.6) is 0 Å². The van der Waals surface area contributed by atoms with Gasteiger partial charge in [0.2, 0.25) is 0 Å². The van der Waals surface area contributed by atoms with Crippen molar-refractivity contribution in [3.63, 3.8) is 0 Å². The van der Waals surface area contributed by atoms with Crippen LogP contribution in [0.25, 0.3) is 0 Å². The Morgan fingerprint density at radius 3 is 2.71 bits per heavy atom. The van der Waals surface area contributed by atoms with Gasteiger partial charge in [-0.1, -0.05) is 27.2 Å². The number of esters is 2. The van der Waals surface area contributed by atoms with Crippen molar-refractivity contribution in [3.8, 4) is 0 Å². The summed E-state index contributed by atoms with van der Waals surface area (Å²) in [5, 5.41) is 0. The van der Waals surface area contributed by atoms with E-state index in [0.29, 0.717) is 16.9 Å². The van der Waals surface area contributed by atoms with Gasteiger partial charge in [-0.05, 0) is 42.4 Å². The number of epoxide rings is 2. The second kappa shape index (κ2) is 4.84. The molecule has 0 aromatic heterocycles. The topological polar surface area (TPSA) is 77.7 Å². The molecule has 7 atom stereocenters. The predicted molar refractivity (Wildman–Crippen MR) is 96.9 cm³/mol. The number of ether oxygens (including phenoxy) is 4. The normalized spacial score (nSPS) is 51.8. The molecule has 0 unspecified atom stereocenters. The Labute approximate surface area is 164 Å². The van der Waals surface area contributed by atoms with Gasteiger partial charge in [-0.3, -0.25) is 4.79 Å². The largest absolute Gasteiger partial charge is 0.461 e. The van der Waals surface area contributed by atoms with E-state index in [-0.39, 0.29) is 35.7 Å². The molecule has 0 N–H and O–H groups in total. The van der Waals surface area contributed by atoms with Gasteiger partial charge in [0, 0.05) is 18.4 Å². The molecule has 0 radical (unpaired) electrons. The molecular weight excluding hydrogens is 360 g/mol. The zero-order valence-corrected chi connectivity index (χ0v) is 17.0. The molecule has 3 saturated carbocycles. The number of hydrogen-bond acceptors (Lipinski definition) is 6. The SMILES string of the molecule is CC(=O)OCC1=C2[C@H]3O[C@]34CC[C@H]3C(C)(C)CCC[C@@]3(C)[C@H]4[C@H]3O[C@@]23OC1=O. The van der Waals surface area contributed by atoms with Crippen molar-refractivity contribution in [2.45, 2.75) is 83.4 Å². The molecule has 28 heavy (non-hydrogen) atoms. The van der Waals surface area contributed by atoms with E-state index in [0.717, 1.165) is 18.4 Å². The van der Waals surface area contributed by atoms with Crippen molar-refractivity contribution in [2.24, 2.45) is 22.7 Å². The van der Waals surface area contributed by atoms with Crippen LogP contribution in [0.2, 0.25) is 0 Å². The molecule has 0 aromatic carbocycles. The lowest BCUT2D eigenvalue weighted by Crippen LogP contribution is -2.59. The van der Waals surface area contributed by atoms with E-state index in [1.165, 1.54) is 26.2 Å². The van der Waals surface area contributed by atoms with Gasteiger partial charge in [-0.15, -0.1) is 0 Å². The molecule has 152 valence electrons. The Bertz CT molecular complexity index is 844. The second-order valence-corrected chi connectivity index (χ2v) is 10.6. The lowest BCUT2D eigenvalue weighted by molar-refractivity contribution is -0.148. The Hall–Kier alpha value is -1.40. The standard InChI is InChI=1S/C22H28O6/c1-11(23)25-10-12-14-16-21(26-16)9-6-13-19(2,3)7-5-8-20(13,4)15(21)17-22(14,27-17)28-18(12)24/h13,15-17H,5-10H2,1-4H3/t13-,15+,16+,17+,20+,21-,22+/m0/s1. The molecule has 0 aromatic rings. The third-order valence-electron chi connectivity index (χ3n) is 8.86. The van der Waals surface area contributed by atoms with Crippen LogP contribution in [-0.4, -0.2) is 42.1 Å². The average Bonchev–Trinajstić information content (AvgIpc) is 3.44. The molecule has 3 heterocycles. The predicted octanol–water partition coefficient (Wildman–Crippen LogP) is 2.89. The van der Waals surface area contributed by atoms with Gasteiger partial charge in [0.1, 0.15) is 24.4 Å².